The molecule has 1 aliphatic heterocycles. The van der Waals surface area contributed by atoms with Gasteiger partial charge >= 0.3 is 0 Å². The molecule has 2 amide bonds. The summed E-state index contributed by atoms with van der Waals surface area (Å²) in [5, 5.41) is 2.74. The van der Waals surface area contributed by atoms with Crippen molar-refractivity contribution in [3.63, 3.8) is 0 Å². The van der Waals surface area contributed by atoms with Gasteiger partial charge in [0.15, 0.2) is 0 Å². The molecule has 0 fully saturated rings. The highest BCUT2D eigenvalue weighted by molar-refractivity contribution is 6.05. The molecule has 1 N–H and O–H groups in total. The average molecular weight is 326 g/mol. The summed E-state index contributed by atoms with van der Waals surface area (Å²) in [6, 6.07) is 12.6. The Bertz CT molecular complexity index is 758. The van der Waals surface area contributed by atoms with Crippen LogP contribution in [0.4, 0.5) is 15.8 Å². The maximum atomic E-state index is 13.0. The Kier molecular flexibility index (Phi) is 4.60. The van der Waals surface area contributed by atoms with Gasteiger partial charge in [-0.15, -0.1) is 0 Å². The van der Waals surface area contributed by atoms with E-state index in [2.05, 4.69) is 5.32 Å². The third kappa shape index (κ3) is 3.30. The summed E-state index contributed by atoms with van der Waals surface area (Å²) in [6.45, 7) is 1.71. The largest absolute Gasteiger partial charge is 0.324 e. The van der Waals surface area contributed by atoms with Crippen LogP contribution in [0.1, 0.15) is 25.3 Å². The average Bonchev–Trinajstić information content (AvgIpc) is 2.74. The van der Waals surface area contributed by atoms with Crippen LogP contribution < -0.4 is 10.2 Å². The van der Waals surface area contributed by atoms with E-state index in [0.717, 1.165) is 24.1 Å². The Morgan fingerprint density at radius 2 is 1.83 bits per heavy atom. The number of carbonyl (C=O) groups excluding carboxylic acids is 2. The summed E-state index contributed by atoms with van der Waals surface area (Å²) in [5.41, 5.74) is 2.37. The number of benzene rings is 2. The summed E-state index contributed by atoms with van der Waals surface area (Å²) in [5.74, 6) is -0.717. The van der Waals surface area contributed by atoms with Crippen molar-refractivity contribution in [3.8, 4) is 0 Å². The van der Waals surface area contributed by atoms with E-state index in [1.807, 2.05) is 24.3 Å². The van der Waals surface area contributed by atoms with Gasteiger partial charge in [-0.3, -0.25) is 14.5 Å². The second kappa shape index (κ2) is 6.83. The van der Waals surface area contributed by atoms with E-state index in [-0.39, 0.29) is 17.6 Å². The maximum absolute atomic E-state index is 13.0. The molecule has 0 spiro atoms. The lowest BCUT2D eigenvalue weighted by Gasteiger charge is -2.28. The van der Waals surface area contributed by atoms with Gasteiger partial charge in [0.25, 0.3) is 0 Å². The van der Waals surface area contributed by atoms with Gasteiger partial charge in [-0.2, -0.15) is 0 Å². The van der Waals surface area contributed by atoms with E-state index in [4.69, 9.17) is 0 Å². The number of nitrogens with zero attached hydrogens (tertiary/aromatic N) is 1. The van der Waals surface area contributed by atoms with Crippen molar-refractivity contribution in [2.24, 2.45) is 0 Å². The number of amides is 2. The molecule has 124 valence electrons. The molecule has 5 heteroatoms. The monoisotopic (exact) mass is 326 g/mol. The van der Waals surface area contributed by atoms with Crippen molar-refractivity contribution < 1.29 is 14.0 Å². The zero-order valence-electron chi connectivity index (χ0n) is 13.5. The molecule has 2 aromatic carbocycles. The molecule has 0 radical (unpaired) electrons. The minimum absolute atomic E-state index is 0.0540. The van der Waals surface area contributed by atoms with Crippen LogP contribution in [0.25, 0.3) is 0 Å². The molecule has 0 aliphatic carbocycles. The van der Waals surface area contributed by atoms with Crippen LogP contribution in [-0.4, -0.2) is 17.9 Å². The third-order valence-corrected chi connectivity index (χ3v) is 4.24. The normalized spacial score (nSPS) is 15.4. The minimum atomic E-state index is -0.651. The Hall–Kier alpha value is -2.69. The highest BCUT2D eigenvalue weighted by Crippen LogP contribution is 2.28. The first-order valence-corrected chi connectivity index (χ1v) is 8.02. The van der Waals surface area contributed by atoms with E-state index in [1.54, 1.807) is 11.8 Å². The molecular weight excluding hydrogens is 307 g/mol. The van der Waals surface area contributed by atoms with Crippen LogP contribution in [0, 0.1) is 5.82 Å². The van der Waals surface area contributed by atoms with Crippen molar-refractivity contribution in [3.05, 3.63) is 59.9 Å². The number of para-hydroxylation sites is 1. The van der Waals surface area contributed by atoms with Gasteiger partial charge in [-0.25, -0.2) is 4.39 Å². The molecule has 0 unspecified atom stereocenters. The number of carbonyl (C=O) groups is 2. The molecule has 1 aliphatic rings. The molecule has 0 bridgehead atoms. The smallest absolute Gasteiger partial charge is 0.247 e. The van der Waals surface area contributed by atoms with Crippen LogP contribution in [0.5, 0.6) is 0 Å². The predicted molar refractivity (Wildman–Crippen MR) is 91.4 cm³/mol. The van der Waals surface area contributed by atoms with E-state index in [1.165, 1.54) is 24.3 Å². The molecule has 24 heavy (non-hydrogen) atoms. The fraction of sp³-hybridized carbons (Fsp3) is 0.263. The number of anilines is 2. The van der Waals surface area contributed by atoms with E-state index >= 15 is 0 Å². The number of fused-ring (bicyclic) bond motifs is 1. The first-order chi connectivity index (χ1) is 11.6. The molecule has 4 nitrogen and oxygen atoms in total. The van der Waals surface area contributed by atoms with E-state index in [9.17, 15) is 14.0 Å². The molecule has 0 saturated heterocycles. The van der Waals surface area contributed by atoms with Crippen molar-refractivity contribution in [2.45, 2.75) is 32.2 Å². The third-order valence-electron chi connectivity index (χ3n) is 4.24. The SMILES string of the molecule is C[C@@H](C(=O)Nc1ccc(F)cc1)N1C(=O)CCCc2ccccc21. The van der Waals surface area contributed by atoms with Crippen LogP contribution in [-0.2, 0) is 16.0 Å². The molecule has 0 saturated carbocycles. The Balaban J connectivity index is 1.84. The van der Waals surface area contributed by atoms with Gasteiger partial charge in [0.2, 0.25) is 11.8 Å². The maximum Gasteiger partial charge on any atom is 0.247 e. The van der Waals surface area contributed by atoms with Gasteiger partial charge in [-0.05, 0) is 55.7 Å². The first-order valence-electron chi connectivity index (χ1n) is 8.02. The number of hydrogen-bond acceptors (Lipinski definition) is 2. The van der Waals surface area contributed by atoms with Crippen LogP contribution in [0.2, 0.25) is 0 Å². The Morgan fingerprint density at radius 1 is 1.12 bits per heavy atom. The number of aryl methyl sites for hydroxylation is 1. The number of hydrogen-bond donors (Lipinski definition) is 1. The standard InChI is InChI=1S/C19H19FN2O2/c1-13(19(24)21-16-11-9-15(20)10-12-16)22-17-7-3-2-5-14(17)6-4-8-18(22)23/h2-3,5,7,9-13H,4,6,8H2,1H3,(H,21,24)/t13-/m0/s1. The highest BCUT2D eigenvalue weighted by atomic mass is 19.1. The van der Waals surface area contributed by atoms with Gasteiger partial charge in [0.05, 0.1) is 0 Å². The fourth-order valence-electron chi connectivity index (χ4n) is 2.96. The predicted octanol–water partition coefficient (Wildman–Crippen LogP) is 3.52. The first kappa shape index (κ1) is 16.2. The van der Waals surface area contributed by atoms with Gasteiger partial charge < -0.3 is 5.32 Å². The van der Waals surface area contributed by atoms with Crippen molar-refractivity contribution in [1.29, 1.82) is 0 Å². The lowest BCUT2D eigenvalue weighted by Crippen LogP contribution is -2.45. The summed E-state index contributed by atoms with van der Waals surface area (Å²) >= 11 is 0. The van der Waals surface area contributed by atoms with Gasteiger partial charge in [0, 0.05) is 17.8 Å². The Labute approximate surface area is 140 Å². The fourth-order valence-corrected chi connectivity index (χ4v) is 2.96. The molecule has 1 heterocycles. The number of nitrogens with one attached hydrogen (secondary N) is 1. The summed E-state index contributed by atoms with van der Waals surface area (Å²) in [4.78, 5) is 26.7. The van der Waals surface area contributed by atoms with E-state index in [0.29, 0.717) is 12.1 Å². The van der Waals surface area contributed by atoms with Gasteiger partial charge in [0.1, 0.15) is 11.9 Å². The zero-order valence-corrected chi connectivity index (χ0v) is 13.5. The van der Waals surface area contributed by atoms with Crippen molar-refractivity contribution in [2.75, 3.05) is 10.2 Å². The molecule has 1 atom stereocenters. The van der Waals surface area contributed by atoms with E-state index < -0.39 is 6.04 Å². The highest BCUT2D eigenvalue weighted by Gasteiger charge is 2.30. The zero-order chi connectivity index (χ0) is 17.1. The molecule has 2 aromatic rings. The minimum Gasteiger partial charge on any atom is -0.324 e. The number of halogens is 1. The van der Waals surface area contributed by atoms with Crippen LogP contribution >= 0.6 is 0 Å². The Morgan fingerprint density at radius 3 is 2.58 bits per heavy atom. The molecule has 3 rings (SSSR count). The van der Waals surface area contributed by atoms with Crippen LogP contribution in [0.3, 0.4) is 0 Å². The summed E-state index contributed by atoms with van der Waals surface area (Å²) in [6.07, 6.45) is 2.02. The summed E-state index contributed by atoms with van der Waals surface area (Å²) < 4.78 is 13.0. The van der Waals surface area contributed by atoms with Crippen molar-refractivity contribution >= 4 is 23.2 Å². The topological polar surface area (TPSA) is 49.4 Å². The second-order valence-corrected chi connectivity index (χ2v) is 5.92. The summed E-state index contributed by atoms with van der Waals surface area (Å²) in [7, 11) is 0. The van der Waals surface area contributed by atoms with Crippen LogP contribution in [0.15, 0.2) is 48.5 Å². The van der Waals surface area contributed by atoms with Gasteiger partial charge in [-0.1, -0.05) is 18.2 Å². The lowest BCUT2D eigenvalue weighted by atomic mass is 10.1. The quantitative estimate of drug-likeness (QED) is 0.938. The van der Waals surface area contributed by atoms with Crippen molar-refractivity contribution in [1.82, 2.24) is 0 Å². The lowest BCUT2D eigenvalue weighted by molar-refractivity contribution is -0.123. The second-order valence-electron chi connectivity index (χ2n) is 5.92. The number of rotatable bonds is 3. The molecular formula is C19H19FN2O2. The molecule has 0 aromatic heterocycles.